The lowest BCUT2D eigenvalue weighted by Crippen LogP contribution is -2.56. The van der Waals surface area contributed by atoms with Gasteiger partial charge in [0.1, 0.15) is 5.57 Å². The number of rotatable bonds is 3. The molecule has 0 aliphatic heterocycles. The number of ether oxygens (including phenoxy) is 1. The Balaban J connectivity index is 3.17. The summed E-state index contributed by atoms with van der Waals surface area (Å²) in [6, 6.07) is 0. The third-order valence-corrected chi connectivity index (χ3v) is 1.86. The quantitative estimate of drug-likeness (QED) is 0.670. The van der Waals surface area contributed by atoms with Crippen molar-refractivity contribution in [1.29, 1.82) is 0 Å². The highest BCUT2D eigenvalue weighted by Crippen LogP contribution is 2.55. The highest BCUT2D eigenvalue weighted by molar-refractivity contribution is 5.98. The minimum Gasteiger partial charge on any atom is -0.491 e. The van der Waals surface area contributed by atoms with Gasteiger partial charge in [0.25, 0.3) is 0 Å². The molecule has 14 heavy (non-hydrogen) atoms. The van der Waals surface area contributed by atoms with E-state index in [-0.39, 0.29) is 6.61 Å². The third-order valence-electron chi connectivity index (χ3n) is 1.86. The SMILES string of the molecule is CCOC1=C(C(C)=O)C(F)(F)C1(F)F. The van der Waals surface area contributed by atoms with Gasteiger partial charge < -0.3 is 4.74 Å². The van der Waals surface area contributed by atoms with Crippen LogP contribution in [0.3, 0.4) is 0 Å². The lowest BCUT2D eigenvalue weighted by atomic mass is 9.84. The van der Waals surface area contributed by atoms with Crippen LogP contribution in [0.5, 0.6) is 0 Å². The fourth-order valence-corrected chi connectivity index (χ4v) is 1.22. The molecule has 0 radical (unpaired) electrons. The van der Waals surface area contributed by atoms with Gasteiger partial charge in [0, 0.05) is 0 Å². The smallest absolute Gasteiger partial charge is 0.371 e. The average Bonchev–Trinajstić information content (AvgIpc) is 2.02. The molecule has 0 unspecified atom stereocenters. The molecular weight excluding hydrogens is 204 g/mol. The number of hydrogen-bond donors (Lipinski definition) is 0. The molecule has 0 N–H and O–H groups in total. The zero-order valence-corrected chi connectivity index (χ0v) is 7.54. The van der Waals surface area contributed by atoms with E-state index in [1.807, 2.05) is 0 Å². The summed E-state index contributed by atoms with van der Waals surface area (Å²) >= 11 is 0. The van der Waals surface area contributed by atoms with Crippen LogP contribution in [0.15, 0.2) is 11.3 Å². The molecule has 0 aromatic rings. The third kappa shape index (κ3) is 1.13. The Hall–Kier alpha value is -1.07. The summed E-state index contributed by atoms with van der Waals surface area (Å²) in [6.45, 7) is 1.99. The highest BCUT2D eigenvalue weighted by atomic mass is 19.3. The normalized spacial score (nSPS) is 23.0. The molecule has 1 aliphatic carbocycles. The summed E-state index contributed by atoms with van der Waals surface area (Å²) in [4.78, 5) is 10.7. The summed E-state index contributed by atoms with van der Waals surface area (Å²) in [5.74, 6) is -11.0. The Morgan fingerprint density at radius 1 is 1.29 bits per heavy atom. The maximum atomic E-state index is 12.7. The number of allylic oxidation sites excluding steroid dienone is 2. The molecule has 2 nitrogen and oxygen atoms in total. The van der Waals surface area contributed by atoms with Crippen LogP contribution in [0.4, 0.5) is 17.6 Å². The summed E-state index contributed by atoms with van der Waals surface area (Å²) in [6.07, 6.45) is 0. The van der Waals surface area contributed by atoms with Crippen LogP contribution in [0.25, 0.3) is 0 Å². The second-order valence-electron chi connectivity index (χ2n) is 2.84. The van der Waals surface area contributed by atoms with Crippen molar-refractivity contribution in [1.82, 2.24) is 0 Å². The minimum atomic E-state index is -4.40. The maximum absolute atomic E-state index is 12.7. The number of halogens is 4. The maximum Gasteiger partial charge on any atom is 0.371 e. The van der Waals surface area contributed by atoms with Gasteiger partial charge in [-0.25, -0.2) is 0 Å². The highest BCUT2D eigenvalue weighted by Gasteiger charge is 2.74. The fourth-order valence-electron chi connectivity index (χ4n) is 1.22. The molecule has 0 amide bonds. The van der Waals surface area contributed by atoms with Gasteiger partial charge in [-0.2, -0.15) is 17.6 Å². The van der Waals surface area contributed by atoms with Crippen molar-refractivity contribution in [2.75, 3.05) is 6.61 Å². The van der Waals surface area contributed by atoms with Crippen molar-refractivity contribution in [2.45, 2.75) is 25.7 Å². The van der Waals surface area contributed by atoms with Crippen LogP contribution < -0.4 is 0 Å². The molecule has 1 aliphatic rings. The topological polar surface area (TPSA) is 26.3 Å². The summed E-state index contributed by atoms with van der Waals surface area (Å²) in [5, 5.41) is 0. The largest absolute Gasteiger partial charge is 0.491 e. The molecule has 0 heterocycles. The van der Waals surface area contributed by atoms with E-state index in [1.54, 1.807) is 0 Å². The molecule has 6 heteroatoms. The Morgan fingerprint density at radius 2 is 1.79 bits per heavy atom. The molecule has 0 bridgehead atoms. The van der Waals surface area contributed by atoms with E-state index >= 15 is 0 Å². The molecule has 0 saturated heterocycles. The fraction of sp³-hybridized carbons (Fsp3) is 0.625. The van der Waals surface area contributed by atoms with Crippen molar-refractivity contribution in [2.24, 2.45) is 0 Å². The van der Waals surface area contributed by atoms with E-state index < -0.39 is 29.0 Å². The van der Waals surface area contributed by atoms with E-state index in [9.17, 15) is 22.4 Å². The minimum absolute atomic E-state index is 0.183. The monoisotopic (exact) mass is 212 g/mol. The number of hydrogen-bond acceptors (Lipinski definition) is 2. The summed E-state index contributed by atoms with van der Waals surface area (Å²) in [5.41, 5.74) is -1.22. The number of carbonyl (C=O) groups is 1. The van der Waals surface area contributed by atoms with Gasteiger partial charge in [0.2, 0.25) is 0 Å². The molecule has 0 atom stereocenters. The number of ketones is 1. The lowest BCUT2D eigenvalue weighted by Gasteiger charge is -2.38. The Labute approximate surface area is 77.5 Å². The van der Waals surface area contributed by atoms with Gasteiger partial charge in [0.05, 0.1) is 6.61 Å². The van der Waals surface area contributed by atoms with Crippen molar-refractivity contribution in [3.63, 3.8) is 0 Å². The molecule has 0 fully saturated rings. The van der Waals surface area contributed by atoms with Crippen molar-refractivity contribution < 1.29 is 27.1 Å². The second-order valence-corrected chi connectivity index (χ2v) is 2.84. The molecule has 0 aromatic heterocycles. The first-order valence-electron chi connectivity index (χ1n) is 3.91. The Morgan fingerprint density at radius 3 is 2.14 bits per heavy atom. The zero-order chi connectivity index (χ0) is 11.1. The van der Waals surface area contributed by atoms with Gasteiger partial charge in [-0.1, -0.05) is 0 Å². The first-order valence-corrected chi connectivity index (χ1v) is 3.91. The van der Waals surface area contributed by atoms with Gasteiger partial charge in [-0.15, -0.1) is 0 Å². The van der Waals surface area contributed by atoms with Crippen LogP contribution >= 0.6 is 0 Å². The van der Waals surface area contributed by atoms with Crippen molar-refractivity contribution in [3.8, 4) is 0 Å². The molecule has 0 saturated carbocycles. The Bertz CT molecular complexity index is 306. The molecule has 80 valence electrons. The Kier molecular flexibility index (Phi) is 2.33. The van der Waals surface area contributed by atoms with E-state index in [4.69, 9.17) is 0 Å². The van der Waals surface area contributed by atoms with E-state index in [2.05, 4.69) is 4.74 Å². The number of alkyl halides is 4. The molecule has 0 spiro atoms. The zero-order valence-electron chi connectivity index (χ0n) is 7.54. The van der Waals surface area contributed by atoms with Crippen LogP contribution in [-0.2, 0) is 9.53 Å². The molecular formula is C8H8F4O2. The van der Waals surface area contributed by atoms with E-state index in [0.29, 0.717) is 0 Å². The first-order chi connectivity index (χ1) is 6.26. The lowest BCUT2D eigenvalue weighted by molar-refractivity contribution is -0.218. The van der Waals surface area contributed by atoms with Gasteiger partial charge in [0.15, 0.2) is 11.5 Å². The molecule has 1 rings (SSSR count). The van der Waals surface area contributed by atoms with Crippen molar-refractivity contribution >= 4 is 5.78 Å². The van der Waals surface area contributed by atoms with Crippen LogP contribution in [0, 0.1) is 0 Å². The van der Waals surface area contributed by atoms with Gasteiger partial charge in [-0.3, -0.25) is 4.79 Å². The number of carbonyl (C=O) groups excluding carboxylic acids is 1. The summed E-state index contributed by atoms with van der Waals surface area (Å²) in [7, 11) is 0. The predicted molar refractivity (Wildman–Crippen MR) is 39.2 cm³/mol. The molecule has 0 aromatic carbocycles. The van der Waals surface area contributed by atoms with E-state index in [1.165, 1.54) is 6.92 Å². The number of Topliss-reactive ketones (excluding diaryl/α,β-unsaturated/α-hetero) is 1. The standard InChI is InChI=1S/C8H8F4O2/c1-3-14-6-5(4(2)13)7(9,10)8(6,11)12/h3H2,1-2H3. The van der Waals surface area contributed by atoms with Crippen LogP contribution in [-0.4, -0.2) is 24.2 Å². The van der Waals surface area contributed by atoms with E-state index in [0.717, 1.165) is 6.92 Å². The van der Waals surface area contributed by atoms with Gasteiger partial charge in [-0.05, 0) is 13.8 Å². The average molecular weight is 212 g/mol. The van der Waals surface area contributed by atoms with Gasteiger partial charge >= 0.3 is 11.8 Å². The first kappa shape index (κ1) is 11.0. The van der Waals surface area contributed by atoms with Crippen LogP contribution in [0.2, 0.25) is 0 Å². The van der Waals surface area contributed by atoms with Crippen molar-refractivity contribution in [3.05, 3.63) is 11.3 Å². The second kappa shape index (κ2) is 2.96. The summed E-state index contributed by atoms with van der Waals surface area (Å²) < 4.78 is 55.1. The van der Waals surface area contributed by atoms with Crippen LogP contribution in [0.1, 0.15) is 13.8 Å². The predicted octanol–water partition coefficient (Wildman–Crippen LogP) is 2.15.